The first-order valence-corrected chi connectivity index (χ1v) is 6.47. The van der Waals surface area contributed by atoms with Gasteiger partial charge in [0.15, 0.2) is 16.7 Å². The van der Waals surface area contributed by atoms with Gasteiger partial charge in [-0.05, 0) is 34.1 Å². The van der Waals surface area contributed by atoms with Crippen molar-refractivity contribution in [3.05, 3.63) is 39.6 Å². The molecular weight excluding hydrogens is 323 g/mol. The molecule has 0 aliphatic rings. The first-order valence-electron chi connectivity index (χ1n) is 4.86. The number of ether oxygens (including phenoxy) is 1. The fourth-order valence-electron chi connectivity index (χ4n) is 1.29. The third-order valence-corrected chi connectivity index (χ3v) is 3.50. The van der Waals surface area contributed by atoms with Crippen LogP contribution < -0.4 is 10.1 Å². The van der Waals surface area contributed by atoms with E-state index >= 15 is 0 Å². The number of amides is 1. The molecular formula is C11H8BrFN2O2S. The van der Waals surface area contributed by atoms with E-state index in [4.69, 9.17) is 4.74 Å². The van der Waals surface area contributed by atoms with Crippen molar-refractivity contribution in [2.45, 2.75) is 0 Å². The van der Waals surface area contributed by atoms with Gasteiger partial charge in [0.1, 0.15) is 0 Å². The lowest BCUT2D eigenvalue weighted by Crippen LogP contribution is -2.11. The highest BCUT2D eigenvalue weighted by Gasteiger charge is 2.11. The van der Waals surface area contributed by atoms with Crippen molar-refractivity contribution < 1.29 is 13.9 Å². The average Bonchev–Trinajstić information content (AvgIpc) is 2.74. The van der Waals surface area contributed by atoms with Crippen LogP contribution in [-0.2, 0) is 0 Å². The molecule has 0 atom stereocenters. The molecule has 1 N–H and O–H groups in total. The molecule has 1 amide bonds. The van der Waals surface area contributed by atoms with Crippen LogP contribution in [0.2, 0.25) is 0 Å². The summed E-state index contributed by atoms with van der Waals surface area (Å²) in [7, 11) is 1.37. The van der Waals surface area contributed by atoms with E-state index in [0.29, 0.717) is 5.13 Å². The van der Waals surface area contributed by atoms with Gasteiger partial charge in [-0.3, -0.25) is 10.1 Å². The van der Waals surface area contributed by atoms with Crippen LogP contribution in [-0.4, -0.2) is 18.0 Å². The second-order valence-electron chi connectivity index (χ2n) is 3.27. The van der Waals surface area contributed by atoms with Crippen LogP contribution in [0.3, 0.4) is 0 Å². The highest BCUT2D eigenvalue weighted by molar-refractivity contribution is 9.11. The number of hydrogen-bond donors (Lipinski definition) is 1. The van der Waals surface area contributed by atoms with Crippen molar-refractivity contribution >= 4 is 38.3 Å². The van der Waals surface area contributed by atoms with E-state index in [0.717, 1.165) is 9.85 Å². The molecule has 0 aliphatic carbocycles. The van der Waals surface area contributed by atoms with Gasteiger partial charge in [-0.2, -0.15) is 0 Å². The number of nitrogens with zero attached hydrogens (tertiary/aromatic N) is 1. The van der Waals surface area contributed by atoms with Crippen LogP contribution in [0.25, 0.3) is 0 Å². The Hall–Kier alpha value is -1.47. The zero-order valence-corrected chi connectivity index (χ0v) is 11.6. The number of hydrogen-bond acceptors (Lipinski definition) is 4. The summed E-state index contributed by atoms with van der Waals surface area (Å²) in [5.74, 6) is -0.896. The Morgan fingerprint density at radius 1 is 1.56 bits per heavy atom. The van der Waals surface area contributed by atoms with Crippen LogP contribution >= 0.6 is 27.3 Å². The fraction of sp³-hybridized carbons (Fsp3) is 0.0909. The Bertz CT molecular complexity index is 588. The SMILES string of the molecule is COc1ccc(C(=O)Nc2ncc(Br)s2)cc1F. The number of aromatic nitrogens is 1. The van der Waals surface area contributed by atoms with Gasteiger partial charge < -0.3 is 4.74 Å². The zero-order chi connectivity index (χ0) is 13.1. The molecule has 4 nitrogen and oxygen atoms in total. The maximum absolute atomic E-state index is 13.4. The Morgan fingerprint density at radius 2 is 2.33 bits per heavy atom. The van der Waals surface area contributed by atoms with Crippen molar-refractivity contribution in [3.8, 4) is 5.75 Å². The van der Waals surface area contributed by atoms with Crippen molar-refractivity contribution in [3.63, 3.8) is 0 Å². The van der Waals surface area contributed by atoms with Crippen molar-refractivity contribution in [1.29, 1.82) is 0 Å². The molecule has 7 heteroatoms. The van der Waals surface area contributed by atoms with Crippen LogP contribution in [0.5, 0.6) is 5.75 Å². The zero-order valence-electron chi connectivity index (χ0n) is 9.24. The maximum Gasteiger partial charge on any atom is 0.257 e. The molecule has 0 fully saturated rings. The molecule has 0 radical (unpaired) electrons. The van der Waals surface area contributed by atoms with Gasteiger partial charge in [0, 0.05) is 5.56 Å². The highest BCUT2D eigenvalue weighted by Crippen LogP contribution is 2.24. The fourth-order valence-corrected chi connectivity index (χ4v) is 2.39. The molecule has 0 unspecified atom stereocenters. The predicted molar refractivity (Wildman–Crippen MR) is 70.7 cm³/mol. The number of anilines is 1. The monoisotopic (exact) mass is 330 g/mol. The molecule has 0 saturated carbocycles. The first-order chi connectivity index (χ1) is 8.60. The topological polar surface area (TPSA) is 51.2 Å². The van der Waals surface area contributed by atoms with E-state index in [1.165, 1.54) is 30.6 Å². The van der Waals surface area contributed by atoms with Crippen molar-refractivity contribution in [2.75, 3.05) is 12.4 Å². The van der Waals surface area contributed by atoms with Gasteiger partial charge in [-0.1, -0.05) is 11.3 Å². The van der Waals surface area contributed by atoms with Gasteiger partial charge in [-0.15, -0.1) is 0 Å². The highest BCUT2D eigenvalue weighted by atomic mass is 79.9. The minimum Gasteiger partial charge on any atom is -0.494 e. The number of benzene rings is 1. The van der Waals surface area contributed by atoms with Gasteiger partial charge >= 0.3 is 0 Å². The van der Waals surface area contributed by atoms with Crippen LogP contribution in [0, 0.1) is 5.82 Å². The molecule has 0 spiro atoms. The summed E-state index contributed by atoms with van der Waals surface area (Å²) in [6.07, 6.45) is 1.58. The summed E-state index contributed by atoms with van der Waals surface area (Å²) < 4.78 is 19.0. The Kier molecular flexibility index (Phi) is 3.93. The summed E-state index contributed by atoms with van der Waals surface area (Å²) in [6, 6.07) is 4.01. The Morgan fingerprint density at radius 3 is 2.89 bits per heavy atom. The molecule has 0 saturated heterocycles. The Balaban J connectivity index is 2.16. The molecule has 0 aliphatic heterocycles. The molecule has 1 aromatic carbocycles. The minimum atomic E-state index is -0.578. The smallest absolute Gasteiger partial charge is 0.257 e. The van der Waals surface area contributed by atoms with Crippen LogP contribution in [0.1, 0.15) is 10.4 Å². The van der Waals surface area contributed by atoms with Gasteiger partial charge in [0.2, 0.25) is 0 Å². The molecule has 18 heavy (non-hydrogen) atoms. The van der Waals surface area contributed by atoms with E-state index in [-0.39, 0.29) is 11.3 Å². The normalized spacial score (nSPS) is 10.2. The summed E-state index contributed by atoms with van der Waals surface area (Å²) in [4.78, 5) is 15.8. The summed E-state index contributed by atoms with van der Waals surface area (Å²) in [5, 5.41) is 3.02. The van der Waals surface area contributed by atoms with Gasteiger partial charge in [0.05, 0.1) is 17.1 Å². The third-order valence-electron chi connectivity index (χ3n) is 2.11. The Labute approximate surface area is 115 Å². The lowest BCUT2D eigenvalue weighted by molar-refractivity contribution is 0.102. The number of nitrogens with one attached hydrogen (secondary N) is 1. The molecule has 94 valence electrons. The average molecular weight is 331 g/mol. The molecule has 0 bridgehead atoms. The van der Waals surface area contributed by atoms with Crippen LogP contribution in [0.4, 0.5) is 9.52 Å². The predicted octanol–water partition coefficient (Wildman–Crippen LogP) is 3.31. The number of methoxy groups -OCH3 is 1. The summed E-state index contributed by atoms with van der Waals surface area (Å²) in [6.45, 7) is 0. The number of rotatable bonds is 3. The largest absolute Gasteiger partial charge is 0.494 e. The van der Waals surface area contributed by atoms with E-state index in [2.05, 4.69) is 26.2 Å². The standard InChI is InChI=1S/C11H8BrFN2O2S/c1-17-8-3-2-6(4-7(8)13)10(16)15-11-14-5-9(12)18-11/h2-5H,1H3,(H,14,15,16). The number of carbonyl (C=O) groups excluding carboxylic acids is 1. The lowest BCUT2D eigenvalue weighted by atomic mass is 10.2. The molecule has 1 aromatic heterocycles. The van der Waals surface area contributed by atoms with Crippen LogP contribution in [0.15, 0.2) is 28.2 Å². The van der Waals surface area contributed by atoms with E-state index < -0.39 is 11.7 Å². The number of carbonyl (C=O) groups is 1. The first kappa shape index (κ1) is 13.0. The lowest BCUT2D eigenvalue weighted by Gasteiger charge is -2.04. The molecule has 2 aromatic rings. The number of halogens is 2. The second kappa shape index (κ2) is 5.45. The van der Waals surface area contributed by atoms with E-state index in [1.54, 1.807) is 6.20 Å². The quantitative estimate of drug-likeness (QED) is 0.939. The van der Waals surface area contributed by atoms with Crippen molar-refractivity contribution in [2.24, 2.45) is 0 Å². The minimum absolute atomic E-state index is 0.101. The number of thiazole rings is 1. The summed E-state index contributed by atoms with van der Waals surface area (Å²) in [5.41, 5.74) is 0.208. The molecule has 1 heterocycles. The molecule has 2 rings (SSSR count). The van der Waals surface area contributed by atoms with E-state index in [9.17, 15) is 9.18 Å². The van der Waals surface area contributed by atoms with E-state index in [1.807, 2.05) is 0 Å². The van der Waals surface area contributed by atoms with Gasteiger partial charge in [-0.25, -0.2) is 9.37 Å². The maximum atomic E-state index is 13.4. The second-order valence-corrected chi connectivity index (χ2v) is 5.68. The third kappa shape index (κ3) is 2.85. The van der Waals surface area contributed by atoms with Gasteiger partial charge in [0.25, 0.3) is 5.91 Å². The summed E-state index contributed by atoms with van der Waals surface area (Å²) >= 11 is 4.51. The van der Waals surface area contributed by atoms with Crippen molar-refractivity contribution in [1.82, 2.24) is 4.98 Å².